The monoisotopic (exact) mass is 274 g/mol. The highest BCUT2D eigenvalue weighted by Crippen LogP contribution is 2.13. The molecule has 0 spiro atoms. The van der Waals surface area contributed by atoms with Gasteiger partial charge in [-0.15, -0.1) is 0 Å². The van der Waals surface area contributed by atoms with E-state index >= 15 is 0 Å². The quantitative estimate of drug-likeness (QED) is 0.565. The molecular formula is C16H34O3. The van der Waals surface area contributed by atoms with Gasteiger partial charge >= 0.3 is 0 Å². The van der Waals surface area contributed by atoms with E-state index in [0.717, 1.165) is 52.5 Å². The zero-order valence-corrected chi connectivity index (χ0v) is 13.9. The second-order valence-corrected chi connectivity index (χ2v) is 7.55. The van der Waals surface area contributed by atoms with Gasteiger partial charge in [-0.25, -0.2) is 0 Å². The van der Waals surface area contributed by atoms with E-state index < -0.39 is 0 Å². The standard InChI is InChI=1S/C16H34O3/c1-15(2,3)13-18-11-7-9-17-10-8-12-19-14-16(4,5)6/h7-14H2,1-6H3. The summed E-state index contributed by atoms with van der Waals surface area (Å²) in [6.45, 7) is 17.9. The molecule has 0 amide bonds. The van der Waals surface area contributed by atoms with Crippen molar-refractivity contribution in [2.24, 2.45) is 10.8 Å². The van der Waals surface area contributed by atoms with Crippen molar-refractivity contribution < 1.29 is 14.2 Å². The summed E-state index contributed by atoms with van der Waals surface area (Å²) in [6.07, 6.45) is 1.94. The normalized spacial score (nSPS) is 12.9. The fourth-order valence-electron chi connectivity index (χ4n) is 1.38. The van der Waals surface area contributed by atoms with Gasteiger partial charge in [0.15, 0.2) is 0 Å². The Hall–Kier alpha value is -0.120. The van der Waals surface area contributed by atoms with Gasteiger partial charge in [-0.05, 0) is 23.7 Å². The molecule has 0 atom stereocenters. The van der Waals surface area contributed by atoms with Crippen molar-refractivity contribution in [3.8, 4) is 0 Å². The maximum Gasteiger partial charge on any atom is 0.0514 e. The van der Waals surface area contributed by atoms with E-state index in [0.29, 0.717) is 0 Å². The van der Waals surface area contributed by atoms with E-state index in [2.05, 4.69) is 41.5 Å². The van der Waals surface area contributed by atoms with Crippen LogP contribution in [-0.4, -0.2) is 39.6 Å². The minimum Gasteiger partial charge on any atom is -0.381 e. The fourth-order valence-corrected chi connectivity index (χ4v) is 1.38. The molecule has 0 aromatic rings. The van der Waals surface area contributed by atoms with Gasteiger partial charge in [0, 0.05) is 26.4 Å². The van der Waals surface area contributed by atoms with Crippen LogP contribution >= 0.6 is 0 Å². The third kappa shape index (κ3) is 17.9. The Kier molecular flexibility index (Phi) is 9.67. The Morgan fingerprint density at radius 3 is 1.16 bits per heavy atom. The number of rotatable bonds is 10. The minimum absolute atomic E-state index is 0.255. The molecule has 0 radical (unpaired) electrons. The molecule has 116 valence electrons. The summed E-state index contributed by atoms with van der Waals surface area (Å²) in [5, 5.41) is 0. The molecule has 0 aliphatic heterocycles. The van der Waals surface area contributed by atoms with Crippen molar-refractivity contribution in [2.75, 3.05) is 39.6 Å². The first-order valence-corrected chi connectivity index (χ1v) is 7.44. The highest BCUT2D eigenvalue weighted by molar-refractivity contribution is 4.59. The predicted octanol–water partition coefficient (Wildman–Crippen LogP) is 3.91. The van der Waals surface area contributed by atoms with Crippen molar-refractivity contribution in [1.29, 1.82) is 0 Å². The summed E-state index contributed by atoms with van der Waals surface area (Å²) < 4.78 is 16.7. The summed E-state index contributed by atoms with van der Waals surface area (Å²) in [5.41, 5.74) is 0.510. The molecule has 0 aromatic carbocycles. The van der Waals surface area contributed by atoms with Crippen LogP contribution in [0, 0.1) is 10.8 Å². The lowest BCUT2D eigenvalue weighted by atomic mass is 9.99. The summed E-state index contributed by atoms with van der Waals surface area (Å²) in [6, 6.07) is 0. The van der Waals surface area contributed by atoms with E-state index in [1.165, 1.54) is 0 Å². The zero-order chi connectivity index (χ0) is 14.8. The van der Waals surface area contributed by atoms with E-state index in [9.17, 15) is 0 Å². The van der Waals surface area contributed by atoms with Gasteiger partial charge in [0.25, 0.3) is 0 Å². The lowest BCUT2D eigenvalue weighted by Crippen LogP contribution is -2.16. The Balaban J connectivity index is 3.12. The molecule has 0 aromatic heterocycles. The van der Waals surface area contributed by atoms with Crippen LogP contribution in [0.25, 0.3) is 0 Å². The van der Waals surface area contributed by atoms with E-state index in [-0.39, 0.29) is 10.8 Å². The Labute approximate surface area is 120 Å². The van der Waals surface area contributed by atoms with Crippen molar-refractivity contribution >= 4 is 0 Å². The fraction of sp³-hybridized carbons (Fsp3) is 1.00. The zero-order valence-electron chi connectivity index (χ0n) is 13.9. The van der Waals surface area contributed by atoms with Gasteiger partial charge in [0.05, 0.1) is 13.2 Å². The maximum atomic E-state index is 5.58. The highest BCUT2D eigenvalue weighted by atomic mass is 16.5. The largest absolute Gasteiger partial charge is 0.381 e. The van der Waals surface area contributed by atoms with E-state index in [1.54, 1.807) is 0 Å². The molecule has 0 aliphatic carbocycles. The van der Waals surface area contributed by atoms with Crippen LogP contribution in [0.2, 0.25) is 0 Å². The number of ether oxygens (including phenoxy) is 3. The van der Waals surface area contributed by atoms with Crippen molar-refractivity contribution in [3.63, 3.8) is 0 Å². The number of hydrogen-bond acceptors (Lipinski definition) is 3. The summed E-state index contributed by atoms with van der Waals surface area (Å²) in [7, 11) is 0. The van der Waals surface area contributed by atoms with Crippen LogP contribution in [0.4, 0.5) is 0 Å². The molecule has 0 aliphatic rings. The second-order valence-electron chi connectivity index (χ2n) is 7.55. The molecule has 0 unspecified atom stereocenters. The minimum atomic E-state index is 0.255. The smallest absolute Gasteiger partial charge is 0.0514 e. The van der Waals surface area contributed by atoms with Crippen molar-refractivity contribution in [1.82, 2.24) is 0 Å². The van der Waals surface area contributed by atoms with Crippen LogP contribution in [-0.2, 0) is 14.2 Å². The first kappa shape index (κ1) is 18.9. The van der Waals surface area contributed by atoms with Gasteiger partial charge in [-0.2, -0.15) is 0 Å². The lowest BCUT2D eigenvalue weighted by molar-refractivity contribution is 0.0331. The van der Waals surface area contributed by atoms with Gasteiger partial charge in [0.2, 0.25) is 0 Å². The first-order valence-electron chi connectivity index (χ1n) is 7.44. The summed E-state index contributed by atoms with van der Waals surface area (Å²) in [4.78, 5) is 0. The molecule has 0 fully saturated rings. The van der Waals surface area contributed by atoms with Gasteiger partial charge < -0.3 is 14.2 Å². The van der Waals surface area contributed by atoms with Crippen LogP contribution in [0.1, 0.15) is 54.4 Å². The van der Waals surface area contributed by atoms with Crippen LogP contribution in [0.15, 0.2) is 0 Å². The molecular weight excluding hydrogens is 240 g/mol. The molecule has 3 nitrogen and oxygen atoms in total. The molecule has 0 N–H and O–H groups in total. The van der Waals surface area contributed by atoms with Crippen LogP contribution in [0.3, 0.4) is 0 Å². The Morgan fingerprint density at radius 1 is 0.526 bits per heavy atom. The highest BCUT2D eigenvalue weighted by Gasteiger charge is 2.10. The van der Waals surface area contributed by atoms with Gasteiger partial charge in [-0.3, -0.25) is 0 Å². The average Bonchev–Trinajstić information content (AvgIpc) is 2.22. The maximum absolute atomic E-state index is 5.58. The lowest BCUT2D eigenvalue weighted by Gasteiger charge is -2.18. The van der Waals surface area contributed by atoms with Crippen molar-refractivity contribution in [2.45, 2.75) is 54.4 Å². The molecule has 0 saturated carbocycles. The summed E-state index contributed by atoms with van der Waals surface area (Å²) >= 11 is 0. The molecule has 0 bridgehead atoms. The SMILES string of the molecule is CC(C)(C)COCCCOCCCOCC(C)(C)C. The molecule has 0 saturated heterocycles. The van der Waals surface area contributed by atoms with Crippen molar-refractivity contribution in [3.05, 3.63) is 0 Å². The average molecular weight is 274 g/mol. The Morgan fingerprint density at radius 2 is 0.842 bits per heavy atom. The van der Waals surface area contributed by atoms with Gasteiger partial charge in [-0.1, -0.05) is 41.5 Å². The van der Waals surface area contributed by atoms with E-state index in [1.807, 2.05) is 0 Å². The first-order chi connectivity index (χ1) is 8.71. The van der Waals surface area contributed by atoms with Crippen LogP contribution < -0.4 is 0 Å². The van der Waals surface area contributed by atoms with Gasteiger partial charge in [0.1, 0.15) is 0 Å². The topological polar surface area (TPSA) is 27.7 Å². The number of hydrogen-bond donors (Lipinski definition) is 0. The summed E-state index contributed by atoms with van der Waals surface area (Å²) in [5.74, 6) is 0. The molecule has 0 rings (SSSR count). The molecule has 0 heterocycles. The van der Waals surface area contributed by atoms with Crippen LogP contribution in [0.5, 0.6) is 0 Å². The third-order valence-corrected chi connectivity index (χ3v) is 2.22. The third-order valence-electron chi connectivity index (χ3n) is 2.22. The second kappa shape index (κ2) is 9.73. The molecule has 3 heteroatoms. The van der Waals surface area contributed by atoms with E-state index in [4.69, 9.17) is 14.2 Å². The molecule has 19 heavy (non-hydrogen) atoms. The Bertz CT molecular complexity index is 179. The predicted molar refractivity (Wildman–Crippen MR) is 80.6 cm³/mol.